The van der Waals surface area contributed by atoms with Crippen molar-refractivity contribution in [1.29, 1.82) is 0 Å². The summed E-state index contributed by atoms with van der Waals surface area (Å²) < 4.78 is 27.8. The highest BCUT2D eigenvalue weighted by Crippen LogP contribution is 2.33. The van der Waals surface area contributed by atoms with E-state index in [0.717, 1.165) is 25.0 Å². The molecule has 112 valence electrons. The van der Waals surface area contributed by atoms with Gasteiger partial charge in [-0.2, -0.15) is 0 Å². The summed E-state index contributed by atoms with van der Waals surface area (Å²) in [4.78, 5) is 5.82. The minimum absolute atomic E-state index is 0.248. The predicted molar refractivity (Wildman–Crippen MR) is 85.3 cm³/mol. The molecule has 1 aliphatic carbocycles. The molecule has 0 amide bonds. The monoisotopic (exact) mass is 323 g/mol. The molecule has 21 heavy (non-hydrogen) atoms. The number of benzene rings is 1. The summed E-state index contributed by atoms with van der Waals surface area (Å²) in [6.07, 6.45) is 3.03. The van der Waals surface area contributed by atoms with Crippen molar-refractivity contribution in [1.82, 2.24) is 4.98 Å². The summed E-state index contributed by atoms with van der Waals surface area (Å²) in [5.41, 5.74) is 8.59. The Balaban J connectivity index is 1.99. The Morgan fingerprint density at radius 2 is 2.05 bits per heavy atom. The van der Waals surface area contributed by atoms with Gasteiger partial charge >= 0.3 is 0 Å². The second-order valence-electron chi connectivity index (χ2n) is 5.27. The van der Waals surface area contributed by atoms with Crippen LogP contribution in [0, 0.1) is 13.8 Å². The molecule has 1 aromatic carbocycles. The van der Waals surface area contributed by atoms with Gasteiger partial charge in [0, 0.05) is 10.6 Å². The molecule has 1 aliphatic rings. The smallest absolute Gasteiger partial charge is 0.264 e. The second kappa shape index (κ2) is 4.99. The fourth-order valence-electron chi connectivity index (χ4n) is 2.66. The molecule has 0 saturated carbocycles. The number of fused-ring (bicyclic) bond motifs is 1. The molecule has 1 heterocycles. The topological polar surface area (TPSA) is 85.1 Å². The van der Waals surface area contributed by atoms with Gasteiger partial charge in [-0.3, -0.25) is 4.72 Å². The fraction of sp³-hybridized carbons (Fsp3) is 0.357. The first-order chi connectivity index (χ1) is 9.88. The van der Waals surface area contributed by atoms with Crippen LogP contribution in [0.3, 0.4) is 0 Å². The number of nitrogen functional groups attached to an aromatic ring is 1. The van der Waals surface area contributed by atoms with E-state index in [1.807, 2.05) is 0 Å². The van der Waals surface area contributed by atoms with Crippen LogP contribution >= 0.6 is 11.3 Å². The van der Waals surface area contributed by atoms with E-state index in [2.05, 4.69) is 9.71 Å². The molecule has 0 atom stereocenters. The molecule has 5 nitrogen and oxygen atoms in total. The minimum Gasteiger partial charge on any atom is -0.398 e. The van der Waals surface area contributed by atoms with Crippen LogP contribution in [0.4, 0.5) is 10.8 Å². The van der Waals surface area contributed by atoms with Crippen molar-refractivity contribution in [2.24, 2.45) is 0 Å². The number of aromatic nitrogens is 1. The molecule has 1 aromatic heterocycles. The van der Waals surface area contributed by atoms with Crippen molar-refractivity contribution in [2.75, 3.05) is 10.5 Å². The minimum atomic E-state index is -3.67. The highest BCUT2D eigenvalue weighted by atomic mass is 32.2. The van der Waals surface area contributed by atoms with Gasteiger partial charge in [-0.15, -0.1) is 11.3 Å². The lowest BCUT2D eigenvalue weighted by Gasteiger charge is -2.13. The van der Waals surface area contributed by atoms with Gasteiger partial charge in [-0.25, -0.2) is 13.4 Å². The van der Waals surface area contributed by atoms with Crippen LogP contribution in [0.15, 0.2) is 17.0 Å². The number of anilines is 2. The number of hydrogen-bond acceptors (Lipinski definition) is 5. The first-order valence-electron chi connectivity index (χ1n) is 6.75. The molecule has 0 saturated heterocycles. The number of hydrogen-bond donors (Lipinski definition) is 2. The summed E-state index contributed by atoms with van der Waals surface area (Å²) in [7, 11) is -3.67. The molecule has 0 unspecified atom stereocenters. The van der Waals surface area contributed by atoms with Crippen molar-refractivity contribution in [3.8, 4) is 0 Å². The van der Waals surface area contributed by atoms with Crippen LogP contribution in [0.25, 0.3) is 0 Å². The van der Waals surface area contributed by atoms with E-state index in [1.165, 1.54) is 16.2 Å². The largest absolute Gasteiger partial charge is 0.398 e. The SMILES string of the molecule is Cc1ccc(N)c(C)c1S(=O)(=O)Nc1nc2c(s1)CCC2. The third kappa shape index (κ3) is 2.51. The molecule has 0 fully saturated rings. The molecule has 0 bridgehead atoms. The highest BCUT2D eigenvalue weighted by molar-refractivity contribution is 7.93. The average molecular weight is 323 g/mol. The molecule has 0 radical (unpaired) electrons. The molecule has 3 N–H and O–H groups in total. The van der Waals surface area contributed by atoms with Gasteiger partial charge in [0.1, 0.15) is 0 Å². The van der Waals surface area contributed by atoms with E-state index >= 15 is 0 Å². The Bertz CT molecular complexity index is 788. The van der Waals surface area contributed by atoms with Crippen LogP contribution in [0.5, 0.6) is 0 Å². The molecule has 0 aliphatic heterocycles. The first-order valence-corrected chi connectivity index (χ1v) is 9.05. The molecule has 0 spiro atoms. The molecule has 3 rings (SSSR count). The Kier molecular flexibility index (Phi) is 3.41. The van der Waals surface area contributed by atoms with E-state index in [1.54, 1.807) is 26.0 Å². The predicted octanol–water partition coefficient (Wildman–Crippen LogP) is 2.63. The van der Waals surface area contributed by atoms with Crippen LogP contribution in [0.2, 0.25) is 0 Å². The summed E-state index contributed by atoms with van der Waals surface area (Å²) in [5.74, 6) is 0. The van der Waals surface area contributed by atoms with E-state index in [0.29, 0.717) is 21.9 Å². The van der Waals surface area contributed by atoms with Gasteiger partial charge in [0.2, 0.25) is 0 Å². The lowest BCUT2D eigenvalue weighted by Crippen LogP contribution is -2.16. The number of nitrogens with two attached hydrogens (primary N) is 1. The van der Waals surface area contributed by atoms with Gasteiger partial charge < -0.3 is 5.73 Å². The van der Waals surface area contributed by atoms with Gasteiger partial charge in [0.25, 0.3) is 10.0 Å². The normalized spacial score (nSPS) is 14.2. The standard InChI is InChI=1S/C14H17N3O2S2/c1-8-6-7-10(15)9(2)13(8)21(18,19)17-14-16-11-4-3-5-12(11)20-14/h6-7H,3-5,15H2,1-2H3,(H,16,17). The summed E-state index contributed by atoms with van der Waals surface area (Å²) >= 11 is 1.43. The number of aryl methyl sites for hydroxylation is 3. The second-order valence-corrected chi connectivity index (χ2v) is 7.98. The van der Waals surface area contributed by atoms with E-state index in [9.17, 15) is 8.42 Å². The molecule has 7 heteroatoms. The molecular weight excluding hydrogens is 306 g/mol. The van der Waals surface area contributed by atoms with Crippen molar-refractivity contribution in [3.63, 3.8) is 0 Å². The fourth-order valence-corrected chi connectivity index (χ4v) is 5.44. The Labute approximate surface area is 128 Å². The number of rotatable bonds is 3. The molecular formula is C14H17N3O2S2. The van der Waals surface area contributed by atoms with Crippen LogP contribution in [0.1, 0.15) is 28.1 Å². The maximum Gasteiger partial charge on any atom is 0.264 e. The quantitative estimate of drug-likeness (QED) is 0.850. The van der Waals surface area contributed by atoms with E-state index in [-0.39, 0.29) is 4.90 Å². The zero-order chi connectivity index (χ0) is 15.2. The van der Waals surface area contributed by atoms with Gasteiger partial charge in [-0.1, -0.05) is 6.07 Å². The number of thiazole rings is 1. The van der Waals surface area contributed by atoms with Crippen LogP contribution in [-0.2, 0) is 22.9 Å². The van der Waals surface area contributed by atoms with Crippen molar-refractivity contribution < 1.29 is 8.42 Å². The van der Waals surface area contributed by atoms with Gasteiger partial charge in [-0.05, 0) is 50.3 Å². The number of nitrogens with zero attached hydrogens (tertiary/aromatic N) is 1. The Morgan fingerprint density at radius 1 is 1.29 bits per heavy atom. The summed E-state index contributed by atoms with van der Waals surface area (Å²) in [6, 6.07) is 3.44. The Morgan fingerprint density at radius 3 is 2.76 bits per heavy atom. The van der Waals surface area contributed by atoms with Gasteiger partial charge in [0.15, 0.2) is 5.13 Å². The lowest BCUT2D eigenvalue weighted by atomic mass is 10.1. The van der Waals surface area contributed by atoms with Crippen LogP contribution in [-0.4, -0.2) is 13.4 Å². The van der Waals surface area contributed by atoms with Crippen molar-refractivity contribution in [3.05, 3.63) is 33.8 Å². The Hall–Kier alpha value is -1.60. The van der Waals surface area contributed by atoms with E-state index < -0.39 is 10.0 Å². The maximum absolute atomic E-state index is 12.6. The first kappa shape index (κ1) is 14.3. The average Bonchev–Trinajstić information content (AvgIpc) is 2.94. The van der Waals surface area contributed by atoms with Gasteiger partial charge in [0.05, 0.1) is 10.6 Å². The zero-order valence-corrected chi connectivity index (χ0v) is 13.6. The summed E-state index contributed by atoms with van der Waals surface area (Å²) in [5, 5.41) is 0.445. The van der Waals surface area contributed by atoms with E-state index in [4.69, 9.17) is 5.73 Å². The maximum atomic E-state index is 12.6. The number of nitrogens with one attached hydrogen (secondary N) is 1. The molecule has 2 aromatic rings. The lowest BCUT2D eigenvalue weighted by molar-refractivity contribution is 0.600. The van der Waals surface area contributed by atoms with Crippen molar-refractivity contribution in [2.45, 2.75) is 38.0 Å². The van der Waals surface area contributed by atoms with Crippen LogP contribution < -0.4 is 10.5 Å². The highest BCUT2D eigenvalue weighted by Gasteiger charge is 2.24. The third-order valence-electron chi connectivity index (χ3n) is 3.73. The third-order valence-corrected chi connectivity index (χ3v) is 6.56. The zero-order valence-electron chi connectivity index (χ0n) is 11.9. The summed E-state index contributed by atoms with van der Waals surface area (Å²) in [6.45, 7) is 3.49. The number of sulfonamides is 1. The van der Waals surface area contributed by atoms with Crippen molar-refractivity contribution >= 4 is 32.2 Å².